The molecule has 3 rings (SSSR count). The van der Waals surface area contributed by atoms with Crippen molar-refractivity contribution < 1.29 is 17.3 Å². The molecule has 0 aliphatic rings. The van der Waals surface area contributed by atoms with Crippen LogP contribution < -0.4 is 5.32 Å². The Morgan fingerprint density at radius 2 is 1.92 bits per heavy atom. The van der Waals surface area contributed by atoms with Gasteiger partial charge >= 0.3 is 0 Å². The Kier molecular flexibility index (Phi) is 4.79. The average molecular weight is 372 g/mol. The second-order valence-electron chi connectivity index (χ2n) is 5.42. The van der Waals surface area contributed by atoms with Crippen molar-refractivity contribution in [3.05, 3.63) is 53.7 Å². The average Bonchev–Trinajstić information content (AvgIpc) is 3.29. The quantitative estimate of drug-likeness (QED) is 0.708. The standard InChI is InChI=1S/C17H16N4O4S/c1-19-16-13(10-18)20-17(25-16)14-8-9-15(24-14)26(22,23)21(2)11-12-6-4-3-5-7-12/h3-9,19H,11H2,1-2H3. The fraction of sp³-hybridized carbons (Fsp3) is 0.176. The van der Waals surface area contributed by atoms with E-state index in [1.807, 2.05) is 36.4 Å². The lowest BCUT2D eigenvalue weighted by Crippen LogP contribution is -2.26. The molecule has 0 aliphatic carbocycles. The van der Waals surface area contributed by atoms with Crippen molar-refractivity contribution >= 4 is 15.9 Å². The summed E-state index contributed by atoms with van der Waals surface area (Å²) in [7, 11) is -0.762. The second-order valence-corrected chi connectivity index (χ2v) is 7.40. The SMILES string of the molecule is CNc1oc(-c2ccc(S(=O)(=O)N(C)Cc3ccccc3)o2)nc1C#N. The predicted molar refractivity (Wildman–Crippen MR) is 93.6 cm³/mol. The summed E-state index contributed by atoms with van der Waals surface area (Å²) in [5.74, 6) is 0.331. The van der Waals surface area contributed by atoms with Gasteiger partial charge in [0.05, 0.1) is 0 Å². The molecule has 2 aromatic heterocycles. The van der Waals surface area contributed by atoms with Crippen LogP contribution in [0.3, 0.4) is 0 Å². The summed E-state index contributed by atoms with van der Waals surface area (Å²) in [6.45, 7) is 0.209. The van der Waals surface area contributed by atoms with E-state index in [1.54, 1.807) is 7.05 Å². The smallest absolute Gasteiger partial charge is 0.276 e. The molecule has 0 fully saturated rings. The monoisotopic (exact) mass is 372 g/mol. The van der Waals surface area contributed by atoms with Gasteiger partial charge in [-0.3, -0.25) is 0 Å². The summed E-state index contributed by atoms with van der Waals surface area (Å²) in [6.07, 6.45) is 0. The molecule has 0 spiro atoms. The molecule has 2 heterocycles. The van der Waals surface area contributed by atoms with Gasteiger partial charge in [0.1, 0.15) is 6.07 Å². The molecule has 9 heteroatoms. The van der Waals surface area contributed by atoms with Gasteiger partial charge in [0, 0.05) is 20.6 Å². The van der Waals surface area contributed by atoms with E-state index in [4.69, 9.17) is 14.1 Å². The highest BCUT2D eigenvalue weighted by atomic mass is 32.2. The lowest BCUT2D eigenvalue weighted by Gasteiger charge is -2.15. The Balaban J connectivity index is 1.86. The zero-order chi connectivity index (χ0) is 18.7. The minimum Gasteiger partial charge on any atom is -0.438 e. The van der Waals surface area contributed by atoms with Crippen LogP contribution in [-0.4, -0.2) is 31.8 Å². The molecule has 1 N–H and O–H groups in total. The van der Waals surface area contributed by atoms with Crippen LogP contribution >= 0.6 is 0 Å². The normalized spacial score (nSPS) is 11.5. The molecule has 26 heavy (non-hydrogen) atoms. The highest BCUT2D eigenvalue weighted by molar-refractivity contribution is 7.88. The minimum absolute atomic E-state index is 0.0260. The van der Waals surface area contributed by atoms with E-state index < -0.39 is 10.0 Å². The first-order valence-corrected chi connectivity index (χ1v) is 9.09. The third-order valence-electron chi connectivity index (χ3n) is 3.66. The molecule has 0 bridgehead atoms. The van der Waals surface area contributed by atoms with Gasteiger partial charge in [0.15, 0.2) is 5.76 Å². The molecule has 3 aromatic rings. The number of hydrogen-bond acceptors (Lipinski definition) is 7. The fourth-order valence-electron chi connectivity index (χ4n) is 2.32. The number of benzene rings is 1. The van der Waals surface area contributed by atoms with Gasteiger partial charge in [-0.15, -0.1) is 0 Å². The van der Waals surface area contributed by atoms with Crippen LogP contribution in [0, 0.1) is 11.3 Å². The highest BCUT2D eigenvalue weighted by Crippen LogP contribution is 2.29. The zero-order valence-electron chi connectivity index (χ0n) is 14.1. The van der Waals surface area contributed by atoms with Crippen LogP contribution in [0.2, 0.25) is 0 Å². The summed E-state index contributed by atoms with van der Waals surface area (Å²) in [5, 5.41) is 11.5. The van der Waals surface area contributed by atoms with Crippen molar-refractivity contribution in [2.75, 3.05) is 19.4 Å². The van der Waals surface area contributed by atoms with Gasteiger partial charge in [-0.2, -0.15) is 14.6 Å². The number of oxazole rings is 1. The lowest BCUT2D eigenvalue weighted by molar-refractivity contribution is 0.406. The van der Waals surface area contributed by atoms with E-state index in [1.165, 1.54) is 23.5 Å². The highest BCUT2D eigenvalue weighted by Gasteiger charge is 2.26. The Morgan fingerprint density at radius 3 is 2.54 bits per heavy atom. The molecule has 8 nitrogen and oxygen atoms in total. The van der Waals surface area contributed by atoms with Crippen LogP contribution in [-0.2, 0) is 16.6 Å². The molecule has 0 saturated heterocycles. The number of nitriles is 1. The van der Waals surface area contributed by atoms with Crippen molar-refractivity contribution in [3.8, 4) is 17.7 Å². The molecule has 0 radical (unpaired) electrons. The third kappa shape index (κ3) is 3.33. The number of anilines is 1. The van der Waals surface area contributed by atoms with E-state index >= 15 is 0 Å². The van der Waals surface area contributed by atoms with E-state index in [2.05, 4.69) is 10.3 Å². The van der Waals surface area contributed by atoms with Crippen LogP contribution in [0.1, 0.15) is 11.3 Å². The summed E-state index contributed by atoms with van der Waals surface area (Å²) in [4.78, 5) is 3.99. The third-order valence-corrected chi connectivity index (χ3v) is 5.34. The summed E-state index contributed by atoms with van der Waals surface area (Å²) >= 11 is 0. The summed E-state index contributed by atoms with van der Waals surface area (Å²) in [6, 6.07) is 13.9. The maximum absolute atomic E-state index is 12.7. The van der Waals surface area contributed by atoms with Crippen molar-refractivity contribution in [3.63, 3.8) is 0 Å². The summed E-state index contributed by atoms with van der Waals surface area (Å²) in [5.41, 5.74) is 0.917. The number of furan rings is 1. The Labute approximate surface area is 150 Å². The number of rotatable bonds is 6. The largest absolute Gasteiger partial charge is 0.438 e. The predicted octanol–water partition coefficient (Wildman–Crippen LogP) is 2.67. The van der Waals surface area contributed by atoms with Gasteiger partial charge < -0.3 is 14.2 Å². The van der Waals surface area contributed by atoms with Crippen molar-refractivity contribution in [2.45, 2.75) is 11.6 Å². The summed E-state index contributed by atoms with van der Waals surface area (Å²) < 4.78 is 37.4. The van der Waals surface area contributed by atoms with Gasteiger partial charge in [-0.25, -0.2) is 8.42 Å². The lowest BCUT2D eigenvalue weighted by atomic mass is 10.2. The van der Waals surface area contributed by atoms with Crippen molar-refractivity contribution in [1.29, 1.82) is 5.26 Å². The maximum Gasteiger partial charge on any atom is 0.276 e. The minimum atomic E-state index is -3.82. The number of sulfonamides is 1. The molecule has 0 saturated carbocycles. The van der Waals surface area contributed by atoms with E-state index in [9.17, 15) is 8.42 Å². The molecule has 134 valence electrons. The van der Waals surface area contributed by atoms with Crippen LogP contribution in [0.5, 0.6) is 0 Å². The van der Waals surface area contributed by atoms with E-state index in [0.717, 1.165) is 5.56 Å². The number of hydrogen-bond donors (Lipinski definition) is 1. The van der Waals surface area contributed by atoms with Crippen molar-refractivity contribution in [2.24, 2.45) is 0 Å². The molecular weight excluding hydrogens is 356 g/mol. The zero-order valence-corrected chi connectivity index (χ0v) is 14.9. The first kappa shape index (κ1) is 17.7. The maximum atomic E-state index is 12.7. The molecule has 0 unspecified atom stereocenters. The molecule has 0 amide bonds. The fourth-order valence-corrected chi connectivity index (χ4v) is 3.38. The van der Waals surface area contributed by atoms with Crippen molar-refractivity contribution in [1.82, 2.24) is 9.29 Å². The Hall–Kier alpha value is -3.09. The van der Waals surface area contributed by atoms with E-state index in [-0.39, 0.29) is 34.9 Å². The molecule has 0 aliphatic heterocycles. The van der Waals surface area contributed by atoms with Gasteiger partial charge in [-0.05, 0) is 17.7 Å². The van der Waals surface area contributed by atoms with Crippen LogP contribution in [0.15, 0.2) is 56.4 Å². The van der Waals surface area contributed by atoms with Crippen LogP contribution in [0.4, 0.5) is 5.88 Å². The van der Waals surface area contributed by atoms with Gasteiger partial charge in [0.25, 0.3) is 15.9 Å². The molecule has 0 atom stereocenters. The first-order valence-electron chi connectivity index (χ1n) is 7.65. The number of nitrogens with one attached hydrogen (secondary N) is 1. The first-order chi connectivity index (χ1) is 12.5. The van der Waals surface area contributed by atoms with Gasteiger partial charge in [0.2, 0.25) is 16.7 Å². The van der Waals surface area contributed by atoms with Gasteiger partial charge in [-0.1, -0.05) is 30.3 Å². The number of nitrogens with zero attached hydrogens (tertiary/aromatic N) is 3. The topological polar surface area (TPSA) is 112 Å². The Bertz CT molecular complexity index is 1050. The Morgan fingerprint density at radius 1 is 1.19 bits per heavy atom. The van der Waals surface area contributed by atoms with Crippen LogP contribution in [0.25, 0.3) is 11.7 Å². The molecular formula is C17H16N4O4S. The van der Waals surface area contributed by atoms with E-state index in [0.29, 0.717) is 0 Å². The second kappa shape index (κ2) is 7.03. The molecule has 1 aromatic carbocycles. The number of aromatic nitrogens is 1.